The summed E-state index contributed by atoms with van der Waals surface area (Å²) in [5, 5.41) is 0. The van der Waals surface area contributed by atoms with Crippen molar-refractivity contribution in [3.05, 3.63) is 96.3 Å². The Kier molecular flexibility index (Phi) is 19.5. The van der Waals surface area contributed by atoms with Gasteiger partial charge in [-0.25, -0.2) is 0 Å². The number of likely N-dealkylation sites (tertiary alicyclic amines) is 1. The molecule has 320 valence electrons. The predicted molar refractivity (Wildman–Crippen MR) is 242 cm³/mol. The van der Waals surface area contributed by atoms with Gasteiger partial charge in [0, 0.05) is 61.4 Å². The molecule has 1 aliphatic rings. The molecular weight excluding hydrogens is 815 g/mol. The Morgan fingerprint density at radius 1 is 0.610 bits per heavy atom. The molecule has 59 heavy (non-hydrogen) atoms. The molecule has 0 radical (unpaired) electrons. The summed E-state index contributed by atoms with van der Waals surface area (Å²) in [5.41, 5.74) is 7.01. The van der Waals surface area contributed by atoms with Crippen LogP contribution in [0.4, 0.5) is 5.69 Å². The molecule has 0 N–H and O–H groups in total. The van der Waals surface area contributed by atoms with E-state index in [2.05, 4.69) is 70.2 Å². The number of pyridine rings is 2. The highest BCUT2D eigenvalue weighted by molar-refractivity contribution is 5.86. The largest absolute Gasteiger partial charge is 0.494 e. The zero-order chi connectivity index (χ0) is 39.4. The normalized spacial score (nSPS) is 12.5. The number of methoxy groups -OCH3 is 6. The Hall–Kier alpha value is -4.81. The first-order valence-corrected chi connectivity index (χ1v) is 19.1. The molecule has 0 amide bonds. The Morgan fingerprint density at radius 3 is 1.54 bits per heavy atom. The van der Waals surface area contributed by atoms with E-state index in [9.17, 15) is 0 Å². The molecule has 14 heteroatoms. The second-order valence-electron chi connectivity index (χ2n) is 13.8. The molecule has 1 saturated heterocycles. The Labute approximate surface area is 367 Å². The summed E-state index contributed by atoms with van der Waals surface area (Å²) in [6, 6.07) is 25.2. The molecule has 1 aliphatic heterocycles. The number of piperidine rings is 1. The van der Waals surface area contributed by atoms with Crippen molar-refractivity contribution in [1.82, 2.24) is 14.9 Å². The predicted octanol–water partition coefficient (Wildman–Crippen LogP) is 9.98. The molecule has 0 saturated carbocycles. The Bertz CT molecular complexity index is 2000. The standard InChI is InChI=1S/C45H54N4O7.3ClH/c1-8-9-22-56-37-12-10-35(11-13-37)49(30-32-15-19-47-39(24-32)34-27-42(52-4)45(55-7)43(28-34)53-5)36-16-20-48(21-17-36)29-31-14-18-46-38(23-31)33-25-40(50-2)44(54-6)41(26-33)51-3;;;/h10-15,18-19,23-28,36H,8-9,16-17,20-22,29-30H2,1-7H3;3*1H. The van der Waals surface area contributed by atoms with E-state index in [1.165, 1.54) is 11.3 Å². The van der Waals surface area contributed by atoms with Crippen LogP contribution in [0, 0.1) is 0 Å². The number of ether oxygens (including phenoxy) is 7. The SMILES string of the molecule is CCCCOc1ccc(N(Cc2ccnc(-c3cc(OC)c(OC)c(OC)c3)c2)C2CCN(Cc3ccnc(-c4cc(OC)c(OC)c(OC)c4)c3)CC2)cc1.Cl.Cl.Cl. The minimum Gasteiger partial charge on any atom is -0.494 e. The molecule has 11 nitrogen and oxygen atoms in total. The summed E-state index contributed by atoms with van der Waals surface area (Å²) in [6.07, 6.45) is 7.92. The molecule has 3 heterocycles. The van der Waals surface area contributed by atoms with Gasteiger partial charge in [-0.2, -0.15) is 0 Å². The molecule has 0 atom stereocenters. The summed E-state index contributed by atoms with van der Waals surface area (Å²) in [5.74, 6) is 4.39. The molecular formula is C45H57Cl3N4O7. The molecule has 0 unspecified atom stereocenters. The first-order valence-electron chi connectivity index (χ1n) is 19.1. The van der Waals surface area contributed by atoms with Crippen LogP contribution in [-0.2, 0) is 13.1 Å². The average molecular weight is 872 g/mol. The van der Waals surface area contributed by atoms with E-state index in [1.54, 1.807) is 42.7 Å². The van der Waals surface area contributed by atoms with Crippen LogP contribution in [0.3, 0.4) is 0 Å². The second-order valence-corrected chi connectivity index (χ2v) is 13.8. The molecule has 5 aromatic rings. The van der Waals surface area contributed by atoms with Gasteiger partial charge in [0.05, 0.1) is 60.7 Å². The molecule has 3 aromatic carbocycles. The van der Waals surface area contributed by atoms with Gasteiger partial charge in [0.15, 0.2) is 23.0 Å². The minimum absolute atomic E-state index is 0. The van der Waals surface area contributed by atoms with Gasteiger partial charge in [-0.1, -0.05) is 13.3 Å². The fourth-order valence-corrected chi connectivity index (χ4v) is 7.26. The lowest BCUT2D eigenvalue weighted by Gasteiger charge is -2.40. The number of halogens is 3. The van der Waals surface area contributed by atoms with Crippen LogP contribution < -0.4 is 38.1 Å². The lowest BCUT2D eigenvalue weighted by molar-refractivity contribution is 0.201. The summed E-state index contributed by atoms with van der Waals surface area (Å²) in [6.45, 7) is 6.39. The van der Waals surface area contributed by atoms with Gasteiger partial charge in [0.1, 0.15) is 5.75 Å². The van der Waals surface area contributed by atoms with E-state index < -0.39 is 0 Å². The van der Waals surface area contributed by atoms with Gasteiger partial charge in [0.2, 0.25) is 11.5 Å². The van der Waals surface area contributed by atoms with Crippen molar-refractivity contribution in [1.29, 1.82) is 0 Å². The van der Waals surface area contributed by atoms with Gasteiger partial charge >= 0.3 is 0 Å². The van der Waals surface area contributed by atoms with Crippen LogP contribution in [0.1, 0.15) is 43.7 Å². The van der Waals surface area contributed by atoms with Crippen LogP contribution in [0.2, 0.25) is 0 Å². The van der Waals surface area contributed by atoms with Gasteiger partial charge in [0.25, 0.3) is 0 Å². The van der Waals surface area contributed by atoms with E-state index in [-0.39, 0.29) is 37.2 Å². The zero-order valence-electron chi connectivity index (χ0n) is 34.9. The minimum atomic E-state index is 0. The average Bonchev–Trinajstić information content (AvgIpc) is 3.25. The van der Waals surface area contributed by atoms with Gasteiger partial charge < -0.3 is 38.1 Å². The van der Waals surface area contributed by atoms with Crippen LogP contribution in [0.15, 0.2) is 85.2 Å². The number of rotatable bonds is 18. The molecule has 2 aromatic heterocycles. The first kappa shape index (κ1) is 48.6. The number of hydrogen-bond donors (Lipinski definition) is 0. The van der Waals surface area contributed by atoms with Crippen molar-refractivity contribution in [2.45, 2.75) is 51.7 Å². The smallest absolute Gasteiger partial charge is 0.203 e. The number of nitrogens with zero attached hydrogens (tertiary/aromatic N) is 4. The monoisotopic (exact) mass is 870 g/mol. The summed E-state index contributed by atoms with van der Waals surface area (Å²) in [7, 11) is 9.72. The van der Waals surface area contributed by atoms with Crippen molar-refractivity contribution in [2.75, 3.05) is 67.3 Å². The summed E-state index contributed by atoms with van der Waals surface area (Å²) >= 11 is 0. The van der Waals surface area contributed by atoms with Gasteiger partial charge in [-0.15, -0.1) is 37.2 Å². The third kappa shape index (κ3) is 11.9. The fourth-order valence-electron chi connectivity index (χ4n) is 7.26. The van der Waals surface area contributed by atoms with Crippen molar-refractivity contribution in [3.63, 3.8) is 0 Å². The van der Waals surface area contributed by atoms with Gasteiger partial charge in [-0.3, -0.25) is 14.9 Å². The highest BCUT2D eigenvalue weighted by Crippen LogP contribution is 2.42. The topological polar surface area (TPSA) is 96.9 Å². The maximum atomic E-state index is 6.02. The summed E-state index contributed by atoms with van der Waals surface area (Å²) < 4.78 is 39.6. The van der Waals surface area contributed by atoms with E-state index in [4.69, 9.17) is 38.1 Å². The van der Waals surface area contributed by atoms with Crippen molar-refractivity contribution < 1.29 is 33.2 Å². The number of hydrogen-bond acceptors (Lipinski definition) is 11. The maximum absolute atomic E-state index is 6.02. The lowest BCUT2D eigenvalue weighted by Crippen LogP contribution is -2.44. The number of aromatic nitrogens is 2. The van der Waals surface area contributed by atoms with E-state index in [0.29, 0.717) is 40.5 Å². The van der Waals surface area contributed by atoms with E-state index >= 15 is 0 Å². The van der Waals surface area contributed by atoms with Crippen LogP contribution in [0.5, 0.6) is 40.2 Å². The number of benzene rings is 3. The fraction of sp³-hybridized carbons (Fsp3) is 0.378. The Balaban J connectivity index is 0.00000310. The first-order chi connectivity index (χ1) is 27.4. The highest BCUT2D eigenvalue weighted by atomic mass is 35.5. The number of anilines is 1. The molecule has 6 rings (SSSR count). The van der Waals surface area contributed by atoms with Crippen molar-refractivity contribution in [3.8, 4) is 62.8 Å². The van der Waals surface area contributed by atoms with Gasteiger partial charge in [-0.05, 0) is 103 Å². The second kappa shape index (κ2) is 23.7. The molecule has 0 spiro atoms. The molecule has 1 fully saturated rings. The quantitative estimate of drug-likeness (QED) is 0.0788. The van der Waals surface area contributed by atoms with E-state index in [0.717, 1.165) is 92.3 Å². The maximum Gasteiger partial charge on any atom is 0.203 e. The molecule has 0 aliphatic carbocycles. The van der Waals surface area contributed by atoms with E-state index in [1.807, 2.05) is 36.7 Å². The van der Waals surface area contributed by atoms with Crippen molar-refractivity contribution >= 4 is 42.9 Å². The third-order valence-electron chi connectivity index (χ3n) is 10.3. The van der Waals surface area contributed by atoms with Crippen LogP contribution >= 0.6 is 37.2 Å². The van der Waals surface area contributed by atoms with Crippen LogP contribution in [0.25, 0.3) is 22.5 Å². The Morgan fingerprint density at radius 2 is 1.08 bits per heavy atom. The summed E-state index contributed by atoms with van der Waals surface area (Å²) in [4.78, 5) is 14.5. The molecule has 0 bridgehead atoms. The third-order valence-corrected chi connectivity index (χ3v) is 10.3. The van der Waals surface area contributed by atoms with Crippen molar-refractivity contribution in [2.24, 2.45) is 0 Å². The lowest BCUT2D eigenvalue weighted by atomic mass is 10.00. The number of unbranched alkanes of at least 4 members (excludes halogenated alkanes) is 1. The zero-order valence-corrected chi connectivity index (χ0v) is 37.3. The van der Waals surface area contributed by atoms with Crippen LogP contribution in [-0.4, -0.2) is 83.3 Å². The highest BCUT2D eigenvalue weighted by Gasteiger charge is 2.26.